The number of carbonyl (C=O) groups excluding carboxylic acids is 1. The van der Waals surface area contributed by atoms with Gasteiger partial charge in [0.1, 0.15) is 11.5 Å². The number of carbonyl (C=O) groups is 1. The number of hydrogen-bond acceptors (Lipinski definition) is 5. The van der Waals surface area contributed by atoms with Crippen LogP contribution in [0.25, 0.3) is 5.57 Å². The molecule has 0 aliphatic carbocycles. The Kier molecular flexibility index (Phi) is 8.29. The van der Waals surface area contributed by atoms with Crippen LogP contribution in [0.4, 0.5) is 0 Å². The first kappa shape index (κ1) is 22.0. The Labute approximate surface area is 172 Å². The summed E-state index contributed by atoms with van der Waals surface area (Å²) in [5, 5.41) is 9.91. The Hall–Kier alpha value is -3.26. The average molecular weight is 393 g/mol. The van der Waals surface area contributed by atoms with E-state index >= 15 is 0 Å². The van der Waals surface area contributed by atoms with Gasteiger partial charge in [0.25, 0.3) is 0 Å². The summed E-state index contributed by atoms with van der Waals surface area (Å²) in [6, 6.07) is 17.5. The SMILES string of the molecule is CCOC(=O)C(C)CC(C#N)=C(c1ccc(OC)cc1)c1ccc(OCC)cc1. The Morgan fingerprint density at radius 3 is 1.97 bits per heavy atom. The summed E-state index contributed by atoms with van der Waals surface area (Å²) in [5.41, 5.74) is 3.07. The lowest BCUT2D eigenvalue weighted by molar-refractivity contribution is -0.147. The normalized spacial score (nSPS) is 12.4. The number of allylic oxidation sites excluding steroid dienone is 1. The van der Waals surface area contributed by atoms with Crippen molar-refractivity contribution < 1.29 is 19.0 Å². The minimum Gasteiger partial charge on any atom is -0.497 e. The molecular formula is C24H27NO4. The maximum absolute atomic E-state index is 12.1. The third kappa shape index (κ3) is 5.86. The predicted octanol–water partition coefficient (Wildman–Crippen LogP) is 5.01. The van der Waals surface area contributed by atoms with E-state index in [1.807, 2.05) is 55.5 Å². The summed E-state index contributed by atoms with van der Waals surface area (Å²) in [5.74, 6) is 0.781. The third-order valence-corrected chi connectivity index (χ3v) is 4.47. The van der Waals surface area contributed by atoms with Gasteiger partial charge in [-0.3, -0.25) is 4.79 Å². The first-order valence-corrected chi connectivity index (χ1v) is 9.71. The molecule has 1 atom stereocenters. The Balaban J connectivity index is 2.52. The molecule has 1 unspecified atom stereocenters. The van der Waals surface area contributed by atoms with E-state index in [2.05, 4.69) is 6.07 Å². The van der Waals surface area contributed by atoms with Gasteiger partial charge < -0.3 is 14.2 Å². The van der Waals surface area contributed by atoms with Crippen molar-refractivity contribution in [3.63, 3.8) is 0 Å². The molecule has 0 heterocycles. The van der Waals surface area contributed by atoms with E-state index in [0.29, 0.717) is 25.2 Å². The zero-order valence-electron chi connectivity index (χ0n) is 17.4. The summed E-state index contributed by atoms with van der Waals surface area (Å²) < 4.78 is 15.9. The van der Waals surface area contributed by atoms with Gasteiger partial charge in [0.15, 0.2) is 0 Å². The van der Waals surface area contributed by atoms with Crippen LogP contribution in [0.5, 0.6) is 11.5 Å². The van der Waals surface area contributed by atoms with Crippen molar-refractivity contribution in [1.82, 2.24) is 0 Å². The van der Waals surface area contributed by atoms with Crippen LogP contribution >= 0.6 is 0 Å². The average Bonchev–Trinajstić information content (AvgIpc) is 2.75. The first-order chi connectivity index (χ1) is 14.0. The van der Waals surface area contributed by atoms with Gasteiger partial charge in [0, 0.05) is 11.1 Å². The van der Waals surface area contributed by atoms with E-state index in [1.54, 1.807) is 21.0 Å². The number of ether oxygens (including phenoxy) is 3. The molecule has 0 saturated carbocycles. The number of methoxy groups -OCH3 is 1. The molecule has 5 heteroatoms. The van der Waals surface area contributed by atoms with Crippen molar-refractivity contribution in [2.24, 2.45) is 5.92 Å². The van der Waals surface area contributed by atoms with E-state index < -0.39 is 5.92 Å². The number of nitriles is 1. The fourth-order valence-corrected chi connectivity index (χ4v) is 3.03. The predicted molar refractivity (Wildman–Crippen MR) is 113 cm³/mol. The molecule has 0 aromatic heterocycles. The van der Waals surface area contributed by atoms with Gasteiger partial charge in [-0.1, -0.05) is 31.2 Å². The largest absolute Gasteiger partial charge is 0.497 e. The highest BCUT2D eigenvalue weighted by molar-refractivity contribution is 5.85. The molecular weight excluding hydrogens is 366 g/mol. The van der Waals surface area contributed by atoms with Gasteiger partial charge in [0.2, 0.25) is 0 Å². The van der Waals surface area contributed by atoms with E-state index in [9.17, 15) is 10.1 Å². The van der Waals surface area contributed by atoms with E-state index in [0.717, 1.165) is 28.2 Å². The topological polar surface area (TPSA) is 68.6 Å². The summed E-state index contributed by atoms with van der Waals surface area (Å²) in [4.78, 5) is 12.1. The van der Waals surface area contributed by atoms with E-state index in [-0.39, 0.29) is 5.97 Å². The summed E-state index contributed by atoms with van der Waals surface area (Å²) in [6.45, 7) is 6.38. The second-order valence-corrected chi connectivity index (χ2v) is 6.51. The van der Waals surface area contributed by atoms with Crippen LogP contribution in [-0.2, 0) is 9.53 Å². The molecule has 0 fully saturated rings. The molecule has 0 spiro atoms. The molecule has 29 heavy (non-hydrogen) atoms. The lowest BCUT2D eigenvalue weighted by Crippen LogP contribution is -2.15. The first-order valence-electron chi connectivity index (χ1n) is 9.71. The summed E-state index contributed by atoms with van der Waals surface area (Å²) in [7, 11) is 1.61. The third-order valence-electron chi connectivity index (χ3n) is 4.47. The lowest BCUT2D eigenvalue weighted by atomic mass is 9.89. The minimum atomic E-state index is -0.416. The standard InChI is InChI=1S/C24H27NO4/c1-5-28-22-13-9-19(10-14-22)23(18-7-11-21(27-4)12-8-18)20(16-25)15-17(3)24(26)29-6-2/h7-14,17H,5-6,15H2,1-4H3. The van der Waals surface area contributed by atoms with E-state index in [4.69, 9.17) is 14.2 Å². The molecule has 0 aliphatic heterocycles. The zero-order chi connectivity index (χ0) is 21.2. The van der Waals surface area contributed by atoms with Gasteiger partial charge in [0.05, 0.1) is 32.3 Å². The minimum absolute atomic E-state index is 0.296. The summed E-state index contributed by atoms with van der Waals surface area (Å²) >= 11 is 0. The van der Waals surface area contributed by atoms with Crippen LogP contribution in [0, 0.1) is 17.2 Å². The fourth-order valence-electron chi connectivity index (χ4n) is 3.03. The van der Waals surface area contributed by atoms with Gasteiger partial charge in [-0.05, 0) is 55.7 Å². The monoisotopic (exact) mass is 393 g/mol. The Morgan fingerprint density at radius 2 is 1.52 bits per heavy atom. The number of benzene rings is 2. The molecule has 0 amide bonds. The maximum atomic E-state index is 12.1. The van der Waals surface area contributed by atoms with Crippen molar-refractivity contribution in [3.8, 4) is 17.6 Å². The molecule has 5 nitrogen and oxygen atoms in total. The maximum Gasteiger partial charge on any atom is 0.308 e. The molecule has 0 radical (unpaired) electrons. The number of nitrogens with zero attached hydrogens (tertiary/aromatic N) is 1. The lowest BCUT2D eigenvalue weighted by Gasteiger charge is -2.16. The molecule has 0 aliphatic rings. The molecule has 0 bridgehead atoms. The second-order valence-electron chi connectivity index (χ2n) is 6.51. The van der Waals surface area contributed by atoms with Crippen LogP contribution in [0.1, 0.15) is 38.3 Å². The number of rotatable bonds is 9. The Bertz CT molecular complexity index is 877. The van der Waals surface area contributed by atoms with Crippen molar-refractivity contribution in [1.29, 1.82) is 5.26 Å². The van der Waals surface area contributed by atoms with Crippen molar-refractivity contribution >= 4 is 11.5 Å². The van der Waals surface area contributed by atoms with Gasteiger partial charge in [-0.15, -0.1) is 0 Å². The molecule has 152 valence electrons. The quantitative estimate of drug-likeness (QED) is 0.442. The van der Waals surface area contributed by atoms with Crippen LogP contribution in [0.2, 0.25) is 0 Å². The highest BCUT2D eigenvalue weighted by atomic mass is 16.5. The zero-order valence-corrected chi connectivity index (χ0v) is 17.4. The molecule has 0 saturated heterocycles. The van der Waals surface area contributed by atoms with Gasteiger partial charge >= 0.3 is 5.97 Å². The van der Waals surface area contributed by atoms with Crippen molar-refractivity contribution in [2.75, 3.05) is 20.3 Å². The highest BCUT2D eigenvalue weighted by Crippen LogP contribution is 2.32. The molecule has 2 aromatic carbocycles. The molecule has 0 N–H and O–H groups in total. The second kappa shape index (κ2) is 10.9. The van der Waals surface area contributed by atoms with Crippen LogP contribution in [-0.4, -0.2) is 26.3 Å². The highest BCUT2D eigenvalue weighted by Gasteiger charge is 2.20. The van der Waals surface area contributed by atoms with Crippen LogP contribution < -0.4 is 9.47 Å². The summed E-state index contributed by atoms with van der Waals surface area (Å²) in [6.07, 6.45) is 0.296. The fraction of sp³-hybridized carbons (Fsp3) is 0.333. The van der Waals surface area contributed by atoms with Crippen LogP contribution in [0.3, 0.4) is 0 Å². The van der Waals surface area contributed by atoms with Crippen molar-refractivity contribution in [3.05, 3.63) is 65.2 Å². The molecule has 2 aromatic rings. The van der Waals surface area contributed by atoms with Crippen LogP contribution in [0.15, 0.2) is 54.1 Å². The number of esters is 1. The Morgan fingerprint density at radius 1 is 0.966 bits per heavy atom. The number of hydrogen-bond donors (Lipinski definition) is 0. The van der Waals surface area contributed by atoms with Gasteiger partial charge in [-0.25, -0.2) is 0 Å². The molecule has 2 rings (SSSR count). The van der Waals surface area contributed by atoms with E-state index in [1.165, 1.54) is 0 Å². The van der Waals surface area contributed by atoms with Gasteiger partial charge in [-0.2, -0.15) is 5.26 Å². The van der Waals surface area contributed by atoms with Crippen molar-refractivity contribution in [2.45, 2.75) is 27.2 Å². The smallest absolute Gasteiger partial charge is 0.308 e.